The second-order valence-corrected chi connectivity index (χ2v) is 5.19. The van der Waals surface area contributed by atoms with E-state index in [1.54, 1.807) is 25.4 Å². The zero-order valence-corrected chi connectivity index (χ0v) is 11.0. The van der Waals surface area contributed by atoms with Crippen molar-refractivity contribution in [2.24, 2.45) is 0 Å². The van der Waals surface area contributed by atoms with Crippen LogP contribution in [-0.2, 0) is 0 Å². The van der Waals surface area contributed by atoms with Gasteiger partial charge in [-0.2, -0.15) is 9.97 Å². The standard InChI is InChI=1S/C12H11N3O2S/c1-6-4-5-8(18-6)10-9-11(16-3)13-7(2)14-12(9)17-15-10/h4-5H,1-3H3. The Balaban J connectivity index is 2.31. The second kappa shape index (κ2) is 4.06. The Morgan fingerprint density at radius 2 is 2.06 bits per heavy atom. The Bertz CT molecular complexity index is 717. The lowest BCUT2D eigenvalue weighted by Gasteiger charge is -2.00. The van der Waals surface area contributed by atoms with Crippen LogP contribution in [0.3, 0.4) is 0 Å². The quantitative estimate of drug-likeness (QED) is 0.709. The van der Waals surface area contributed by atoms with Gasteiger partial charge in [-0.25, -0.2) is 0 Å². The zero-order valence-electron chi connectivity index (χ0n) is 10.2. The predicted molar refractivity (Wildman–Crippen MR) is 68.9 cm³/mol. The van der Waals surface area contributed by atoms with E-state index in [9.17, 15) is 0 Å². The minimum Gasteiger partial charge on any atom is -0.480 e. The van der Waals surface area contributed by atoms with Gasteiger partial charge in [-0.05, 0) is 26.0 Å². The summed E-state index contributed by atoms with van der Waals surface area (Å²) in [6, 6.07) is 4.05. The first-order chi connectivity index (χ1) is 8.69. The lowest BCUT2D eigenvalue weighted by molar-refractivity contribution is 0.400. The van der Waals surface area contributed by atoms with Crippen LogP contribution in [0.1, 0.15) is 10.7 Å². The highest BCUT2D eigenvalue weighted by atomic mass is 32.1. The van der Waals surface area contributed by atoms with E-state index in [4.69, 9.17) is 9.26 Å². The molecule has 0 unspecified atom stereocenters. The van der Waals surface area contributed by atoms with E-state index in [2.05, 4.69) is 15.1 Å². The molecule has 0 aromatic carbocycles. The molecule has 0 aliphatic heterocycles. The summed E-state index contributed by atoms with van der Waals surface area (Å²) in [6.45, 7) is 3.84. The normalized spacial score (nSPS) is 11.1. The van der Waals surface area contributed by atoms with Gasteiger partial charge in [-0.15, -0.1) is 11.3 Å². The molecule has 0 N–H and O–H groups in total. The number of aromatic nitrogens is 3. The molecule has 3 aromatic heterocycles. The highest BCUT2D eigenvalue weighted by molar-refractivity contribution is 7.15. The van der Waals surface area contributed by atoms with Gasteiger partial charge in [0.25, 0.3) is 5.71 Å². The number of hydrogen-bond donors (Lipinski definition) is 0. The average Bonchev–Trinajstić information content (AvgIpc) is 2.93. The van der Waals surface area contributed by atoms with Gasteiger partial charge in [0.2, 0.25) is 5.88 Å². The van der Waals surface area contributed by atoms with Crippen molar-refractivity contribution in [2.75, 3.05) is 7.11 Å². The van der Waals surface area contributed by atoms with E-state index in [0.717, 1.165) is 16.0 Å². The summed E-state index contributed by atoms with van der Waals surface area (Å²) in [5.41, 5.74) is 1.19. The molecule has 3 aromatic rings. The Kier molecular flexibility index (Phi) is 2.52. The van der Waals surface area contributed by atoms with Crippen molar-refractivity contribution >= 4 is 22.4 Å². The van der Waals surface area contributed by atoms with Crippen molar-refractivity contribution in [2.45, 2.75) is 13.8 Å². The van der Waals surface area contributed by atoms with Crippen molar-refractivity contribution in [3.8, 4) is 16.5 Å². The van der Waals surface area contributed by atoms with Gasteiger partial charge in [-0.3, -0.25) is 0 Å². The van der Waals surface area contributed by atoms with E-state index < -0.39 is 0 Å². The fourth-order valence-electron chi connectivity index (χ4n) is 1.80. The number of ether oxygens (including phenoxy) is 1. The summed E-state index contributed by atoms with van der Waals surface area (Å²) in [7, 11) is 1.58. The Hall–Kier alpha value is -1.95. The summed E-state index contributed by atoms with van der Waals surface area (Å²) in [5.74, 6) is 1.10. The van der Waals surface area contributed by atoms with Crippen LogP contribution in [0, 0.1) is 13.8 Å². The van der Waals surface area contributed by atoms with Gasteiger partial charge in [0, 0.05) is 4.88 Å². The van der Waals surface area contributed by atoms with Crippen molar-refractivity contribution in [1.29, 1.82) is 0 Å². The molecular formula is C12H11N3O2S. The van der Waals surface area contributed by atoms with Crippen LogP contribution in [0.2, 0.25) is 0 Å². The molecule has 3 heterocycles. The molecule has 0 aliphatic rings. The van der Waals surface area contributed by atoms with Crippen LogP contribution >= 0.6 is 11.3 Å². The minimum absolute atomic E-state index is 0.459. The third-order valence-electron chi connectivity index (χ3n) is 2.58. The molecule has 92 valence electrons. The van der Waals surface area contributed by atoms with Crippen LogP contribution in [-0.4, -0.2) is 22.2 Å². The number of rotatable bonds is 2. The first kappa shape index (κ1) is 11.2. The molecule has 5 nitrogen and oxygen atoms in total. The molecule has 6 heteroatoms. The van der Waals surface area contributed by atoms with Gasteiger partial charge in [0.15, 0.2) is 0 Å². The van der Waals surface area contributed by atoms with Gasteiger partial charge in [0.05, 0.1) is 12.0 Å². The summed E-state index contributed by atoms with van der Waals surface area (Å²) in [4.78, 5) is 10.7. The van der Waals surface area contributed by atoms with Crippen LogP contribution in [0.5, 0.6) is 5.88 Å². The summed E-state index contributed by atoms with van der Waals surface area (Å²) in [5, 5.41) is 4.81. The highest BCUT2D eigenvalue weighted by Crippen LogP contribution is 2.36. The number of hydrogen-bond acceptors (Lipinski definition) is 6. The molecular weight excluding hydrogens is 250 g/mol. The van der Waals surface area contributed by atoms with Crippen molar-refractivity contribution in [3.63, 3.8) is 0 Å². The first-order valence-electron chi connectivity index (χ1n) is 5.44. The monoisotopic (exact) mass is 261 g/mol. The number of fused-ring (bicyclic) bond motifs is 1. The summed E-state index contributed by atoms with van der Waals surface area (Å²) >= 11 is 1.65. The molecule has 0 saturated carbocycles. The molecule has 3 rings (SSSR count). The third kappa shape index (κ3) is 1.65. The number of nitrogens with zero attached hydrogens (tertiary/aromatic N) is 3. The van der Waals surface area contributed by atoms with Crippen LogP contribution in [0.25, 0.3) is 21.7 Å². The van der Waals surface area contributed by atoms with Gasteiger partial charge < -0.3 is 9.26 Å². The van der Waals surface area contributed by atoms with Gasteiger partial charge >= 0.3 is 0 Å². The minimum atomic E-state index is 0.459. The molecule has 0 spiro atoms. The Morgan fingerprint density at radius 1 is 1.22 bits per heavy atom. The summed E-state index contributed by atoms with van der Waals surface area (Å²) < 4.78 is 10.6. The molecule has 0 saturated heterocycles. The van der Waals surface area contributed by atoms with Crippen molar-refractivity contribution in [3.05, 3.63) is 22.8 Å². The second-order valence-electron chi connectivity index (χ2n) is 3.90. The number of aryl methyl sites for hydroxylation is 2. The largest absolute Gasteiger partial charge is 0.480 e. The molecule has 0 bridgehead atoms. The van der Waals surface area contributed by atoms with E-state index in [-0.39, 0.29) is 0 Å². The zero-order chi connectivity index (χ0) is 12.7. The van der Waals surface area contributed by atoms with E-state index in [1.807, 2.05) is 19.1 Å². The smallest absolute Gasteiger partial charge is 0.265 e. The van der Waals surface area contributed by atoms with Crippen LogP contribution in [0.4, 0.5) is 0 Å². The molecule has 0 amide bonds. The topological polar surface area (TPSA) is 61.0 Å². The maximum absolute atomic E-state index is 5.29. The lowest BCUT2D eigenvalue weighted by Crippen LogP contribution is -1.94. The number of thiophene rings is 1. The maximum atomic E-state index is 5.29. The SMILES string of the molecule is COc1nc(C)nc2onc(-c3ccc(C)s3)c12. The van der Waals surface area contributed by atoms with E-state index in [0.29, 0.717) is 17.4 Å². The van der Waals surface area contributed by atoms with E-state index >= 15 is 0 Å². The molecule has 0 aliphatic carbocycles. The Morgan fingerprint density at radius 3 is 2.72 bits per heavy atom. The molecule has 0 atom stereocenters. The summed E-state index contributed by atoms with van der Waals surface area (Å²) in [6.07, 6.45) is 0. The van der Waals surface area contributed by atoms with E-state index in [1.165, 1.54) is 4.88 Å². The highest BCUT2D eigenvalue weighted by Gasteiger charge is 2.19. The van der Waals surface area contributed by atoms with Crippen molar-refractivity contribution in [1.82, 2.24) is 15.1 Å². The predicted octanol–water partition coefficient (Wildman–Crippen LogP) is 2.97. The lowest BCUT2D eigenvalue weighted by atomic mass is 10.2. The fourth-order valence-corrected chi connectivity index (χ4v) is 2.66. The van der Waals surface area contributed by atoms with Crippen LogP contribution < -0.4 is 4.74 Å². The maximum Gasteiger partial charge on any atom is 0.265 e. The van der Waals surface area contributed by atoms with Gasteiger partial charge in [-0.1, -0.05) is 5.16 Å². The average molecular weight is 261 g/mol. The molecule has 18 heavy (non-hydrogen) atoms. The first-order valence-corrected chi connectivity index (χ1v) is 6.25. The Labute approximate surface area is 107 Å². The number of methoxy groups -OCH3 is 1. The third-order valence-corrected chi connectivity index (χ3v) is 3.59. The van der Waals surface area contributed by atoms with Crippen LogP contribution in [0.15, 0.2) is 16.7 Å². The van der Waals surface area contributed by atoms with Gasteiger partial charge in [0.1, 0.15) is 16.9 Å². The van der Waals surface area contributed by atoms with Crippen molar-refractivity contribution < 1.29 is 9.26 Å². The molecule has 0 fully saturated rings. The molecule has 0 radical (unpaired) electrons. The fraction of sp³-hybridized carbons (Fsp3) is 0.250.